The van der Waals surface area contributed by atoms with Gasteiger partial charge in [-0.15, -0.1) is 10.2 Å². The molecule has 1 aromatic rings. The van der Waals surface area contributed by atoms with Gasteiger partial charge in [-0.2, -0.15) is 4.80 Å². The Balaban J connectivity index is 1.25. The van der Waals surface area contributed by atoms with Crippen molar-refractivity contribution in [1.29, 1.82) is 0 Å². The summed E-state index contributed by atoms with van der Waals surface area (Å²) in [5, 5.41) is 14.2. The van der Waals surface area contributed by atoms with Gasteiger partial charge < -0.3 is 10.2 Å². The normalized spacial score (nSPS) is 34.3. The number of alkyl halides is 1. The van der Waals surface area contributed by atoms with E-state index in [0.29, 0.717) is 6.42 Å². The summed E-state index contributed by atoms with van der Waals surface area (Å²) in [6, 6.07) is 0.148. The maximum Gasteiger partial charge on any atom is 0.246 e. The van der Waals surface area contributed by atoms with Crippen LogP contribution in [0.15, 0.2) is 6.33 Å². The molecule has 1 aromatic heterocycles. The zero-order chi connectivity index (χ0) is 17.4. The van der Waals surface area contributed by atoms with Crippen LogP contribution >= 0.6 is 0 Å². The number of hydrogen-bond donors (Lipinski definition) is 1. The molecule has 0 bridgehead atoms. The number of carbonyl (C=O) groups is 2. The Hall–Kier alpha value is -2.06. The summed E-state index contributed by atoms with van der Waals surface area (Å²) in [5.74, 6) is -0.522. The number of aromatic nitrogens is 4. The molecule has 136 valence electrons. The van der Waals surface area contributed by atoms with Gasteiger partial charge in [0.15, 0.2) is 6.33 Å². The largest absolute Gasteiger partial charge is 0.353 e. The second-order valence-corrected chi connectivity index (χ2v) is 7.67. The average molecular weight is 350 g/mol. The predicted molar refractivity (Wildman–Crippen MR) is 84.8 cm³/mol. The molecule has 0 aromatic carbocycles. The van der Waals surface area contributed by atoms with Gasteiger partial charge in [0.05, 0.1) is 5.92 Å². The van der Waals surface area contributed by atoms with Crippen LogP contribution in [0.3, 0.4) is 0 Å². The molecule has 1 N–H and O–H groups in total. The van der Waals surface area contributed by atoms with Crippen molar-refractivity contribution in [2.24, 2.45) is 11.3 Å². The van der Waals surface area contributed by atoms with E-state index < -0.39 is 12.1 Å². The molecule has 8 nitrogen and oxygen atoms in total. The third kappa shape index (κ3) is 3.50. The average Bonchev–Trinajstić information content (AvgIpc) is 3.00. The van der Waals surface area contributed by atoms with Crippen LogP contribution in [0.2, 0.25) is 0 Å². The van der Waals surface area contributed by atoms with Crippen LogP contribution in [-0.4, -0.2) is 62.2 Å². The van der Waals surface area contributed by atoms with Gasteiger partial charge in [0.2, 0.25) is 11.8 Å². The van der Waals surface area contributed by atoms with E-state index in [0.717, 1.165) is 45.2 Å². The molecule has 25 heavy (non-hydrogen) atoms. The Morgan fingerprint density at radius 3 is 2.68 bits per heavy atom. The Bertz CT molecular complexity index is 643. The van der Waals surface area contributed by atoms with Crippen molar-refractivity contribution in [2.75, 3.05) is 13.1 Å². The van der Waals surface area contributed by atoms with Gasteiger partial charge in [-0.3, -0.25) is 9.59 Å². The smallest absolute Gasteiger partial charge is 0.246 e. The van der Waals surface area contributed by atoms with Crippen LogP contribution in [0.1, 0.15) is 38.5 Å². The fourth-order valence-electron chi connectivity index (χ4n) is 4.16. The number of likely N-dealkylation sites (tertiary alicyclic amines) is 1. The molecule has 1 aliphatic heterocycles. The minimum atomic E-state index is -0.941. The van der Waals surface area contributed by atoms with Crippen molar-refractivity contribution in [2.45, 2.75) is 57.3 Å². The Labute approximate surface area is 145 Å². The molecule has 2 atom stereocenters. The van der Waals surface area contributed by atoms with Crippen molar-refractivity contribution in [1.82, 2.24) is 30.4 Å². The summed E-state index contributed by atoms with van der Waals surface area (Å²) in [7, 11) is 0. The highest BCUT2D eigenvalue weighted by Crippen LogP contribution is 2.44. The van der Waals surface area contributed by atoms with Gasteiger partial charge in [-0.1, -0.05) is 0 Å². The first kappa shape index (κ1) is 16.4. The van der Waals surface area contributed by atoms with Gasteiger partial charge >= 0.3 is 0 Å². The third-order valence-corrected chi connectivity index (χ3v) is 5.90. The van der Waals surface area contributed by atoms with Crippen LogP contribution in [0, 0.1) is 11.3 Å². The van der Waals surface area contributed by atoms with E-state index in [2.05, 4.69) is 20.7 Å². The molecule has 2 saturated carbocycles. The molecule has 2 aliphatic carbocycles. The third-order valence-electron chi connectivity index (χ3n) is 5.90. The van der Waals surface area contributed by atoms with Gasteiger partial charge in [-0.05, 0) is 49.2 Å². The lowest BCUT2D eigenvalue weighted by molar-refractivity contribution is -0.131. The molecule has 2 heterocycles. The lowest BCUT2D eigenvalue weighted by Gasteiger charge is -2.37. The summed E-state index contributed by atoms with van der Waals surface area (Å²) in [4.78, 5) is 27.4. The molecule has 3 fully saturated rings. The molecule has 4 rings (SSSR count). The molecule has 9 heteroatoms. The number of carbonyl (C=O) groups excluding carboxylic acids is 2. The number of halogens is 1. The Kier molecular flexibility index (Phi) is 4.16. The van der Waals surface area contributed by atoms with Crippen molar-refractivity contribution < 1.29 is 14.0 Å². The van der Waals surface area contributed by atoms with E-state index in [1.165, 1.54) is 11.1 Å². The number of nitrogens with one attached hydrogen (secondary N) is 1. The van der Waals surface area contributed by atoms with Gasteiger partial charge in [0.25, 0.3) is 0 Å². The SMILES string of the molecule is O=C(NC1CCC2(CC1)CCN(C(=O)Cn1ncnn1)C2)C1CC1F. The van der Waals surface area contributed by atoms with E-state index in [-0.39, 0.29) is 29.8 Å². The monoisotopic (exact) mass is 350 g/mol. The Morgan fingerprint density at radius 1 is 1.28 bits per heavy atom. The highest BCUT2D eigenvalue weighted by Gasteiger charge is 2.46. The molecule has 3 aliphatic rings. The standard InChI is InChI=1S/C16H23FN6O2/c17-13-7-12(13)15(25)20-11-1-3-16(4-2-11)5-6-22(9-16)14(24)8-23-19-10-18-21-23/h10-13H,1-9H2,(H,20,25). The van der Waals surface area contributed by atoms with Crippen molar-refractivity contribution >= 4 is 11.8 Å². The summed E-state index contributed by atoms with van der Waals surface area (Å²) in [6.07, 6.45) is 5.55. The number of rotatable bonds is 4. The van der Waals surface area contributed by atoms with Crippen molar-refractivity contribution in [3.8, 4) is 0 Å². The highest BCUT2D eigenvalue weighted by molar-refractivity contribution is 5.82. The maximum atomic E-state index is 13.0. The van der Waals surface area contributed by atoms with Gasteiger partial charge in [0, 0.05) is 19.1 Å². The molecular weight excluding hydrogens is 327 g/mol. The summed E-state index contributed by atoms with van der Waals surface area (Å²) < 4.78 is 13.0. The molecular formula is C16H23FN6O2. The molecule has 0 radical (unpaired) electrons. The molecule has 1 spiro atoms. The fraction of sp³-hybridized carbons (Fsp3) is 0.812. The van der Waals surface area contributed by atoms with Crippen LogP contribution in [-0.2, 0) is 16.1 Å². The van der Waals surface area contributed by atoms with Crippen LogP contribution in [0.5, 0.6) is 0 Å². The van der Waals surface area contributed by atoms with E-state index >= 15 is 0 Å². The van der Waals surface area contributed by atoms with Crippen molar-refractivity contribution in [3.05, 3.63) is 6.33 Å². The lowest BCUT2D eigenvalue weighted by Crippen LogP contribution is -2.43. The molecule has 2 unspecified atom stereocenters. The second kappa shape index (κ2) is 6.34. The summed E-state index contributed by atoms with van der Waals surface area (Å²) in [6.45, 7) is 1.65. The van der Waals surface area contributed by atoms with Crippen LogP contribution in [0.25, 0.3) is 0 Å². The first-order valence-electron chi connectivity index (χ1n) is 8.98. The van der Waals surface area contributed by atoms with Crippen LogP contribution in [0.4, 0.5) is 4.39 Å². The number of nitrogens with zero attached hydrogens (tertiary/aromatic N) is 5. The van der Waals surface area contributed by atoms with Gasteiger partial charge in [-0.25, -0.2) is 4.39 Å². The quantitative estimate of drug-likeness (QED) is 0.843. The lowest BCUT2D eigenvalue weighted by atomic mass is 9.72. The second-order valence-electron chi connectivity index (χ2n) is 7.67. The van der Waals surface area contributed by atoms with Crippen LogP contribution < -0.4 is 5.32 Å². The van der Waals surface area contributed by atoms with Crippen molar-refractivity contribution in [3.63, 3.8) is 0 Å². The fourth-order valence-corrected chi connectivity index (χ4v) is 4.16. The zero-order valence-electron chi connectivity index (χ0n) is 14.1. The summed E-state index contributed by atoms with van der Waals surface area (Å²) in [5.41, 5.74) is 0.162. The first-order valence-corrected chi connectivity index (χ1v) is 8.98. The molecule has 1 saturated heterocycles. The zero-order valence-corrected chi connectivity index (χ0v) is 14.1. The minimum Gasteiger partial charge on any atom is -0.353 e. The highest BCUT2D eigenvalue weighted by atomic mass is 19.1. The van der Waals surface area contributed by atoms with E-state index in [1.807, 2.05) is 4.90 Å². The van der Waals surface area contributed by atoms with E-state index in [4.69, 9.17) is 0 Å². The minimum absolute atomic E-state index is 0.0213. The number of amides is 2. The number of hydrogen-bond acceptors (Lipinski definition) is 5. The first-order chi connectivity index (χ1) is 12.0. The molecule has 2 amide bonds. The Morgan fingerprint density at radius 2 is 2.04 bits per heavy atom. The van der Waals surface area contributed by atoms with E-state index in [9.17, 15) is 14.0 Å². The maximum absolute atomic E-state index is 13.0. The van der Waals surface area contributed by atoms with E-state index in [1.54, 1.807) is 0 Å². The summed E-state index contributed by atoms with van der Waals surface area (Å²) >= 11 is 0. The topological polar surface area (TPSA) is 93.0 Å². The van der Waals surface area contributed by atoms with Gasteiger partial charge in [0.1, 0.15) is 12.7 Å². The predicted octanol–water partition coefficient (Wildman–Crippen LogP) is 0.309. The number of tetrazole rings is 1.